The second-order valence-electron chi connectivity index (χ2n) is 10.5. The van der Waals surface area contributed by atoms with E-state index in [0.29, 0.717) is 24.2 Å². The topological polar surface area (TPSA) is 146 Å². The van der Waals surface area contributed by atoms with Gasteiger partial charge in [0, 0.05) is 18.7 Å². The van der Waals surface area contributed by atoms with Gasteiger partial charge in [-0.05, 0) is 35.6 Å². The zero-order valence-electron chi connectivity index (χ0n) is 22.2. The number of carboxylic acid groups (broad SMARTS) is 1. The Morgan fingerprint density at radius 1 is 1.26 bits per heavy atom. The van der Waals surface area contributed by atoms with Gasteiger partial charge in [0.2, 0.25) is 0 Å². The predicted molar refractivity (Wildman–Crippen MR) is 143 cm³/mol. The Morgan fingerprint density at radius 3 is 2.54 bits per heavy atom. The molecule has 1 aliphatic heterocycles. The number of likely N-dealkylation sites (tertiary alicyclic amines) is 1. The minimum absolute atomic E-state index is 0.0933. The Hall–Kier alpha value is -4.59. The molecule has 2 aromatic carbocycles. The normalized spacial score (nSPS) is 17.1. The van der Waals surface area contributed by atoms with E-state index < -0.39 is 17.8 Å². The largest absolute Gasteiger partial charge is 0.496 e. The van der Waals surface area contributed by atoms with Gasteiger partial charge in [-0.3, -0.25) is 4.79 Å². The van der Waals surface area contributed by atoms with Crippen molar-refractivity contribution in [1.82, 2.24) is 20.0 Å². The first-order valence-electron chi connectivity index (χ1n) is 12.4. The van der Waals surface area contributed by atoms with Crippen LogP contribution in [-0.2, 0) is 6.54 Å². The van der Waals surface area contributed by atoms with Crippen molar-refractivity contribution in [3.8, 4) is 23.1 Å². The molecular weight excluding hydrogens is 503 g/mol. The highest BCUT2D eigenvalue weighted by Gasteiger charge is 2.46. The smallest absolute Gasteiger partial charge is 0.407 e. The maximum Gasteiger partial charge on any atom is 0.407 e. The van der Waals surface area contributed by atoms with Gasteiger partial charge in [0.1, 0.15) is 34.7 Å². The van der Waals surface area contributed by atoms with Gasteiger partial charge in [-0.2, -0.15) is 10.4 Å². The zero-order chi connectivity index (χ0) is 28.5. The van der Waals surface area contributed by atoms with Gasteiger partial charge < -0.3 is 25.8 Å². The lowest BCUT2D eigenvalue weighted by atomic mass is 9.82. The number of hydrogen-bond donors (Lipinski definition) is 3. The molecule has 0 saturated carbocycles. The van der Waals surface area contributed by atoms with Crippen LogP contribution < -0.4 is 15.8 Å². The van der Waals surface area contributed by atoms with Crippen LogP contribution in [-0.4, -0.2) is 51.5 Å². The molecule has 3 aromatic rings. The van der Waals surface area contributed by atoms with Gasteiger partial charge in [-0.1, -0.05) is 45.0 Å². The maximum absolute atomic E-state index is 13.6. The second-order valence-corrected chi connectivity index (χ2v) is 10.5. The van der Waals surface area contributed by atoms with E-state index in [2.05, 4.69) is 11.4 Å². The fourth-order valence-electron chi connectivity index (χ4n) is 5.22. The van der Waals surface area contributed by atoms with Crippen molar-refractivity contribution in [3.05, 3.63) is 65.0 Å². The summed E-state index contributed by atoms with van der Waals surface area (Å²) in [5, 5.41) is 27.1. The number of carbonyl (C=O) groups is 2. The van der Waals surface area contributed by atoms with Crippen molar-refractivity contribution in [2.75, 3.05) is 19.4 Å². The number of rotatable bonds is 6. The summed E-state index contributed by atoms with van der Waals surface area (Å²) in [4.78, 5) is 25.9. The summed E-state index contributed by atoms with van der Waals surface area (Å²) in [6.45, 7) is 6.44. The Kier molecular flexibility index (Phi) is 7.49. The Bertz CT molecular complexity index is 1440. The molecule has 4 rings (SSSR count). The van der Waals surface area contributed by atoms with Crippen molar-refractivity contribution in [2.45, 2.75) is 45.8 Å². The molecule has 0 spiro atoms. The molecule has 0 bridgehead atoms. The number of halogens is 1. The van der Waals surface area contributed by atoms with Crippen molar-refractivity contribution >= 4 is 17.8 Å². The number of methoxy groups -OCH3 is 1. The fraction of sp³-hybridized carbons (Fsp3) is 0.357. The zero-order valence-corrected chi connectivity index (χ0v) is 22.2. The van der Waals surface area contributed by atoms with E-state index in [-0.39, 0.29) is 46.7 Å². The number of amides is 2. The number of hydrogen-bond acceptors (Lipinski definition) is 6. The van der Waals surface area contributed by atoms with Crippen LogP contribution in [0.4, 0.5) is 15.0 Å². The van der Waals surface area contributed by atoms with Crippen LogP contribution in [0.1, 0.15) is 54.7 Å². The van der Waals surface area contributed by atoms with E-state index in [9.17, 15) is 24.3 Å². The van der Waals surface area contributed by atoms with Crippen LogP contribution >= 0.6 is 0 Å². The molecule has 11 heteroatoms. The third-order valence-corrected chi connectivity index (χ3v) is 6.96. The second kappa shape index (κ2) is 10.6. The number of nitrogens with two attached hydrogens (primary N) is 1. The van der Waals surface area contributed by atoms with Crippen LogP contribution in [0.3, 0.4) is 0 Å². The number of carbonyl (C=O) groups excluding carboxylic acids is 1. The highest BCUT2D eigenvalue weighted by atomic mass is 19.1. The van der Waals surface area contributed by atoms with Gasteiger partial charge in [0.25, 0.3) is 5.91 Å². The summed E-state index contributed by atoms with van der Waals surface area (Å²) in [7, 11) is 1.41. The lowest BCUT2D eigenvalue weighted by molar-refractivity contribution is 0.0909. The minimum atomic E-state index is -0.998. The molecule has 2 amide bonds. The molecular formula is C28H31FN6O4. The first-order valence-corrected chi connectivity index (χ1v) is 12.4. The van der Waals surface area contributed by atoms with E-state index >= 15 is 0 Å². The Morgan fingerprint density at radius 2 is 1.95 bits per heavy atom. The SMILES string of the molecule is COc1ccc(F)cc1C(=O)NCc1ccc(-c2nn(C3CCN(C(=O)O)C3C(C)(C)C)c(N)c2C#N)cc1. The lowest BCUT2D eigenvalue weighted by Crippen LogP contribution is -2.46. The van der Waals surface area contributed by atoms with Crippen LogP contribution in [0, 0.1) is 22.6 Å². The average Bonchev–Trinajstić information content (AvgIpc) is 3.49. The summed E-state index contributed by atoms with van der Waals surface area (Å²) < 4.78 is 20.4. The molecule has 204 valence electrons. The standard InChI is InChI=1S/C28H31FN6O4/c1-28(2,3)24-21(11-12-34(24)27(37)38)35-25(31)20(14-30)23(33-35)17-7-5-16(6-8-17)15-32-26(36)19-13-18(29)9-10-22(19)39-4/h5-10,13,21,24H,11-12,15,31H2,1-4H3,(H,32,36)(H,37,38). The lowest BCUT2D eigenvalue weighted by Gasteiger charge is -2.37. The first kappa shape index (κ1) is 27.4. The molecule has 2 atom stereocenters. The van der Waals surface area contributed by atoms with Gasteiger partial charge in [0.15, 0.2) is 0 Å². The Labute approximate surface area is 225 Å². The number of benzene rings is 2. The van der Waals surface area contributed by atoms with Gasteiger partial charge in [-0.15, -0.1) is 0 Å². The predicted octanol–water partition coefficient (Wildman–Crippen LogP) is 4.42. The molecule has 4 N–H and O–H groups in total. The van der Waals surface area contributed by atoms with Crippen molar-refractivity contribution in [3.63, 3.8) is 0 Å². The van der Waals surface area contributed by atoms with Crippen molar-refractivity contribution in [1.29, 1.82) is 5.26 Å². The average molecular weight is 535 g/mol. The third kappa shape index (κ3) is 5.36. The molecule has 0 radical (unpaired) electrons. The fourth-order valence-corrected chi connectivity index (χ4v) is 5.22. The number of nitrogen functional groups attached to an aromatic ring is 1. The quantitative estimate of drug-likeness (QED) is 0.424. The summed E-state index contributed by atoms with van der Waals surface area (Å²) in [6.07, 6.45) is -0.471. The molecule has 1 saturated heterocycles. The van der Waals surface area contributed by atoms with E-state index in [4.69, 9.17) is 15.6 Å². The van der Waals surface area contributed by atoms with E-state index in [1.54, 1.807) is 28.9 Å². The van der Waals surface area contributed by atoms with E-state index in [0.717, 1.165) is 11.6 Å². The number of aromatic nitrogens is 2. The van der Waals surface area contributed by atoms with Crippen molar-refractivity contribution < 1.29 is 23.8 Å². The molecule has 2 unspecified atom stereocenters. The summed E-state index contributed by atoms with van der Waals surface area (Å²) >= 11 is 0. The molecule has 1 aliphatic rings. The van der Waals surface area contributed by atoms with Crippen LogP contribution in [0.25, 0.3) is 11.3 Å². The molecule has 0 aliphatic carbocycles. The maximum atomic E-state index is 13.6. The number of anilines is 1. The highest BCUT2D eigenvalue weighted by molar-refractivity contribution is 5.96. The Balaban J connectivity index is 1.56. The van der Waals surface area contributed by atoms with Crippen LogP contribution in [0.15, 0.2) is 42.5 Å². The van der Waals surface area contributed by atoms with Crippen LogP contribution in [0.2, 0.25) is 0 Å². The highest BCUT2D eigenvalue weighted by Crippen LogP contribution is 2.42. The minimum Gasteiger partial charge on any atom is -0.496 e. The number of nitrogens with one attached hydrogen (secondary N) is 1. The number of ether oxygens (including phenoxy) is 1. The number of nitriles is 1. The van der Waals surface area contributed by atoms with Crippen LogP contribution in [0.5, 0.6) is 5.75 Å². The summed E-state index contributed by atoms with van der Waals surface area (Å²) in [5.74, 6) is -0.559. The van der Waals surface area contributed by atoms with Gasteiger partial charge in [0.05, 0.1) is 24.8 Å². The molecule has 1 aromatic heterocycles. The van der Waals surface area contributed by atoms with Gasteiger partial charge in [-0.25, -0.2) is 13.9 Å². The molecule has 2 heterocycles. The molecule has 1 fully saturated rings. The first-order chi connectivity index (χ1) is 18.5. The van der Waals surface area contributed by atoms with Gasteiger partial charge >= 0.3 is 6.09 Å². The molecule has 10 nitrogen and oxygen atoms in total. The van der Waals surface area contributed by atoms with E-state index in [1.807, 2.05) is 20.8 Å². The number of nitrogens with zero attached hydrogens (tertiary/aromatic N) is 4. The monoisotopic (exact) mass is 534 g/mol. The summed E-state index contributed by atoms with van der Waals surface area (Å²) in [5.41, 5.74) is 8.14. The van der Waals surface area contributed by atoms with E-state index in [1.165, 1.54) is 24.1 Å². The third-order valence-electron chi connectivity index (χ3n) is 6.96. The van der Waals surface area contributed by atoms with Crippen molar-refractivity contribution in [2.24, 2.45) is 5.41 Å². The molecule has 39 heavy (non-hydrogen) atoms. The summed E-state index contributed by atoms with van der Waals surface area (Å²) in [6, 6.07) is 12.3.